The average Bonchev–Trinajstić information content (AvgIpc) is 2.41. The summed E-state index contributed by atoms with van der Waals surface area (Å²) in [4.78, 5) is 27.0. The molecule has 0 aliphatic rings. The van der Waals surface area contributed by atoms with Crippen molar-refractivity contribution in [3.05, 3.63) is 30.1 Å². The van der Waals surface area contributed by atoms with Crippen LogP contribution in [-0.2, 0) is 21.1 Å². The monoisotopic (exact) mass is 271 g/mol. The first-order valence-electron chi connectivity index (χ1n) is 5.61. The first kappa shape index (κ1) is 15.0. The second-order valence-corrected chi connectivity index (χ2v) is 3.60. The normalized spacial score (nSPS) is 10.0. The van der Waals surface area contributed by atoms with Gasteiger partial charge < -0.3 is 10.1 Å². The van der Waals surface area contributed by atoms with Crippen LogP contribution in [0.2, 0.25) is 0 Å². The van der Waals surface area contributed by atoms with Crippen LogP contribution in [0.25, 0.3) is 0 Å². The molecule has 0 saturated heterocycles. The molecule has 1 aromatic heterocycles. The van der Waals surface area contributed by atoms with Crippen LogP contribution >= 0.6 is 0 Å². The molecule has 19 heavy (non-hydrogen) atoms. The highest BCUT2D eigenvalue weighted by Crippen LogP contribution is 1.94. The quantitative estimate of drug-likeness (QED) is 0.233. The van der Waals surface area contributed by atoms with Crippen LogP contribution < -0.4 is 15.5 Å². The molecular weight excluding hydrogens is 254 g/mol. The van der Waals surface area contributed by atoms with Gasteiger partial charge in [0.25, 0.3) is 12.6 Å². The molecule has 0 saturated carbocycles. The molecule has 0 spiro atoms. The summed E-state index contributed by atoms with van der Waals surface area (Å²) in [7, 11) is 0. The lowest BCUT2D eigenvalue weighted by molar-refractivity contribution is -1.06. The van der Waals surface area contributed by atoms with Crippen molar-refractivity contribution in [2.45, 2.75) is 13.7 Å². The molecule has 0 radical (unpaired) electrons. The van der Waals surface area contributed by atoms with Crippen LogP contribution in [-0.4, -0.2) is 30.2 Å². The SMILES string of the molecule is CC(=O)OC[n+]1cccc(C(=O)NCCO[NH2+]O)c1. The van der Waals surface area contributed by atoms with Gasteiger partial charge in [0.05, 0.1) is 0 Å². The summed E-state index contributed by atoms with van der Waals surface area (Å²) in [6.07, 6.45) is 3.25. The number of ether oxygens (including phenoxy) is 1. The maximum Gasteiger partial charge on any atom is 0.307 e. The Hall–Kier alpha value is -2.03. The van der Waals surface area contributed by atoms with Gasteiger partial charge in [-0.1, -0.05) is 5.64 Å². The predicted octanol–water partition coefficient (Wildman–Crippen LogP) is -1.89. The van der Waals surface area contributed by atoms with Gasteiger partial charge in [-0.2, -0.15) is 14.6 Å². The fourth-order valence-electron chi connectivity index (χ4n) is 1.28. The van der Waals surface area contributed by atoms with Gasteiger partial charge in [-0.25, -0.2) is 0 Å². The largest absolute Gasteiger partial charge is 0.405 e. The van der Waals surface area contributed by atoms with E-state index in [2.05, 4.69) is 10.2 Å². The molecule has 4 N–H and O–H groups in total. The molecule has 0 fully saturated rings. The van der Waals surface area contributed by atoms with Gasteiger partial charge in [0.15, 0.2) is 12.4 Å². The second-order valence-electron chi connectivity index (χ2n) is 3.60. The summed E-state index contributed by atoms with van der Waals surface area (Å²) in [6.45, 7) is 1.82. The van der Waals surface area contributed by atoms with Gasteiger partial charge in [0.2, 0.25) is 0 Å². The van der Waals surface area contributed by atoms with E-state index in [1.165, 1.54) is 6.92 Å². The number of pyridine rings is 1. The highest BCUT2D eigenvalue weighted by molar-refractivity contribution is 5.93. The molecule has 0 atom stereocenters. The smallest absolute Gasteiger partial charge is 0.307 e. The standard InChI is InChI=1S/C11H16N3O5/c1-9(15)18-8-14-5-2-3-10(7-14)11(16)12-4-6-19-13-17/h2-3,5,7,17H,4,6,8,13H2,1H3/q+1/p+1. The number of quaternary nitrogens is 1. The van der Waals surface area contributed by atoms with Gasteiger partial charge >= 0.3 is 5.97 Å². The van der Waals surface area contributed by atoms with Crippen LogP contribution in [0.5, 0.6) is 0 Å². The molecule has 1 rings (SSSR count). The maximum atomic E-state index is 11.7. The first-order valence-corrected chi connectivity index (χ1v) is 5.61. The van der Waals surface area contributed by atoms with Gasteiger partial charge in [0, 0.05) is 19.5 Å². The number of hydrogen-bond donors (Lipinski definition) is 3. The van der Waals surface area contributed by atoms with Gasteiger partial charge in [-0.05, 0) is 6.07 Å². The van der Waals surface area contributed by atoms with E-state index in [1.54, 1.807) is 29.1 Å². The van der Waals surface area contributed by atoms with Crippen molar-refractivity contribution in [1.29, 1.82) is 0 Å². The lowest BCUT2D eigenvalue weighted by Gasteiger charge is -2.03. The topological polar surface area (TPSA) is 105 Å². The van der Waals surface area contributed by atoms with E-state index in [1.807, 2.05) is 0 Å². The molecule has 8 nitrogen and oxygen atoms in total. The van der Waals surface area contributed by atoms with Gasteiger partial charge in [-0.15, -0.1) is 0 Å². The molecule has 0 aromatic carbocycles. The van der Waals surface area contributed by atoms with E-state index in [0.717, 1.165) is 0 Å². The van der Waals surface area contributed by atoms with Gasteiger partial charge in [-0.3, -0.25) is 9.59 Å². The van der Waals surface area contributed by atoms with Crippen molar-refractivity contribution in [2.75, 3.05) is 13.2 Å². The number of amides is 1. The molecular formula is C11H17N3O5+2. The van der Waals surface area contributed by atoms with Crippen molar-refractivity contribution >= 4 is 11.9 Å². The van der Waals surface area contributed by atoms with Crippen LogP contribution in [0.3, 0.4) is 0 Å². The molecule has 0 bridgehead atoms. The van der Waals surface area contributed by atoms with E-state index in [4.69, 9.17) is 9.94 Å². The van der Waals surface area contributed by atoms with Crippen molar-refractivity contribution in [3.63, 3.8) is 0 Å². The van der Waals surface area contributed by atoms with Crippen LogP contribution in [0.4, 0.5) is 0 Å². The van der Waals surface area contributed by atoms with Gasteiger partial charge in [0.1, 0.15) is 12.2 Å². The zero-order valence-corrected chi connectivity index (χ0v) is 10.5. The Morgan fingerprint density at radius 3 is 3.00 bits per heavy atom. The minimum absolute atomic E-state index is 0.0546. The molecule has 0 aliphatic carbocycles. The molecule has 0 unspecified atom stereocenters. The van der Waals surface area contributed by atoms with E-state index >= 15 is 0 Å². The summed E-state index contributed by atoms with van der Waals surface area (Å²) in [5.41, 5.74) is 1.00. The molecule has 8 heteroatoms. The number of esters is 1. The Morgan fingerprint density at radius 2 is 2.32 bits per heavy atom. The minimum atomic E-state index is -0.389. The number of rotatable bonds is 7. The number of nitrogens with two attached hydrogens (primary N) is 1. The Kier molecular flexibility index (Phi) is 6.44. The summed E-state index contributed by atoms with van der Waals surface area (Å²) in [6, 6.07) is 3.31. The van der Waals surface area contributed by atoms with Crippen molar-refractivity contribution in [1.82, 2.24) is 5.32 Å². The molecule has 1 aromatic rings. The third kappa shape index (κ3) is 5.91. The summed E-state index contributed by atoms with van der Waals surface area (Å²) in [5, 5.41) is 10.9. The highest BCUT2D eigenvalue weighted by atomic mass is 16.8. The fraction of sp³-hybridized carbons (Fsp3) is 0.364. The van der Waals surface area contributed by atoms with E-state index in [9.17, 15) is 9.59 Å². The van der Waals surface area contributed by atoms with E-state index in [-0.39, 0.29) is 31.8 Å². The maximum absolute atomic E-state index is 11.7. The third-order valence-corrected chi connectivity index (χ3v) is 2.12. The summed E-state index contributed by atoms with van der Waals surface area (Å²) >= 11 is 0. The first-order chi connectivity index (χ1) is 9.13. The number of hydrogen-bond acceptors (Lipinski definition) is 5. The predicted molar refractivity (Wildman–Crippen MR) is 60.4 cm³/mol. The number of nitrogens with one attached hydrogen (secondary N) is 1. The Labute approximate surface area is 109 Å². The third-order valence-electron chi connectivity index (χ3n) is 2.12. The van der Waals surface area contributed by atoms with E-state index < -0.39 is 0 Å². The zero-order chi connectivity index (χ0) is 14.1. The average molecular weight is 271 g/mol. The summed E-state index contributed by atoms with van der Waals surface area (Å²) in [5.74, 6) is -0.668. The number of aromatic nitrogens is 1. The molecule has 1 amide bonds. The van der Waals surface area contributed by atoms with Crippen molar-refractivity contribution in [3.8, 4) is 0 Å². The Morgan fingerprint density at radius 1 is 1.53 bits per heavy atom. The molecule has 0 aliphatic heterocycles. The zero-order valence-electron chi connectivity index (χ0n) is 10.5. The van der Waals surface area contributed by atoms with Crippen LogP contribution in [0.15, 0.2) is 24.5 Å². The minimum Gasteiger partial charge on any atom is -0.405 e. The lowest BCUT2D eigenvalue weighted by Crippen LogP contribution is -2.79. The summed E-state index contributed by atoms with van der Waals surface area (Å²) < 4.78 is 6.39. The number of carbonyl (C=O) groups is 2. The second kappa shape index (κ2) is 8.14. The molecule has 1 heterocycles. The van der Waals surface area contributed by atoms with Crippen LogP contribution in [0.1, 0.15) is 17.3 Å². The molecule has 104 valence electrons. The highest BCUT2D eigenvalue weighted by Gasteiger charge is 2.10. The van der Waals surface area contributed by atoms with Crippen LogP contribution in [0, 0.1) is 0 Å². The Bertz CT molecular complexity index is 438. The fourth-order valence-corrected chi connectivity index (χ4v) is 1.28. The Balaban J connectivity index is 2.50. The number of nitrogens with zero attached hydrogens (tertiary/aromatic N) is 1. The van der Waals surface area contributed by atoms with E-state index in [0.29, 0.717) is 11.2 Å². The van der Waals surface area contributed by atoms with Crippen molar-refractivity contribution < 1.29 is 34.6 Å². The van der Waals surface area contributed by atoms with Crippen molar-refractivity contribution in [2.24, 2.45) is 0 Å². The lowest BCUT2D eigenvalue weighted by atomic mass is 10.2. The number of carbonyl (C=O) groups excluding carboxylic acids is 2.